The van der Waals surface area contributed by atoms with Crippen LogP contribution in [0.5, 0.6) is 0 Å². The van der Waals surface area contributed by atoms with Crippen LogP contribution >= 0.6 is 0 Å². The standard InChI is InChI=1S/C5H7N3O/c1-9-4-5-2-3-6-8-7-5/h2-3H,4H2,1H3. The number of hydrogen-bond donors (Lipinski definition) is 0. The number of hydrogen-bond acceptors (Lipinski definition) is 4. The van der Waals surface area contributed by atoms with E-state index < -0.39 is 0 Å². The van der Waals surface area contributed by atoms with Gasteiger partial charge in [0.05, 0.1) is 18.5 Å². The zero-order valence-corrected chi connectivity index (χ0v) is 5.11. The van der Waals surface area contributed by atoms with E-state index in [0.717, 1.165) is 5.69 Å². The van der Waals surface area contributed by atoms with Gasteiger partial charge < -0.3 is 4.74 Å². The smallest absolute Gasteiger partial charge is 0.0921 e. The van der Waals surface area contributed by atoms with Crippen LogP contribution in [0, 0.1) is 0 Å². The first-order chi connectivity index (χ1) is 4.43. The van der Waals surface area contributed by atoms with Crippen molar-refractivity contribution in [2.75, 3.05) is 7.11 Å². The maximum atomic E-state index is 4.80. The van der Waals surface area contributed by atoms with Gasteiger partial charge in [-0.3, -0.25) is 0 Å². The summed E-state index contributed by atoms with van der Waals surface area (Å²) in [6.45, 7) is 0.496. The summed E-state index contributed by atoms with van der Waals surface area (Å²) in [4.78, 5) is 0. The van der Waals surface area contributed by atoms with E-state index in [4.69, 9.17) is 4.74 Å². The third-order valence-electron chi connectivity index (χ3n) is 0.851. The Balaban J connectivity index is 2.61. The fourth-order valence-electron chi connectivity index (χ4n) is 0.491. The van der Waals surface area contributed by atoms with Gasteiger partial charge in [0.15, 0.2) is 0 Å². The summed E-state index contributed by atoms with van der Waals surface area (Å²) in [5.74, 6) is 0. The molecule has 0 aliphatic carbocycles. The van der Waals surface area contributed by atoms with Crippen LogP contribution in [0.25, 0.3) is 0 Å². The molecule has 0 aromatic carbocycles. The first-order valence-electron chi connectivity index (χ1n) is 2.55. The van der Waals surface area contributed by atoms with Crippen LogP contribution in [-0.4, -0.2) is 22.5 Å². The summed E-state index contributed by atoms with van der Waals surface area (Å²) in [7, 11) is 1.61. The van der Waals surface area contributed by atoms with Crippen molar-refractivity contribution in [2.24, 2.45) is 0 Å². The van der Waals surface area contributed by atoms with Crippen LogP contribution in [0.4, 0.5) is 0 Å². The Bertz CT molecular complexity index is 165. The predicted octanol–water partition coefficient (Wildman–Crippen LogP) is 0.0180. The van der Waals surface area contributed by atoms with Crippen molar-refractivity contribution in [3.05, 3.63) is 18.0 Å². The van der Waals surface area contributed by atoms with Crippen molar-refractivity contribution in [2.45, 2.75) is 6.61 Å². The third-order valence-corrected chi connectivity index (χ3v) is 0.851. The van der Waals surface area contributed by atoms with Crippen LogP contribution in [-0.2, 0) is 11.3 Å². The van der Waals surface area contributed by atoms with Gasteiger partial charge in [-0.2, -0.15) is 0 Å². The van der Waals surface area contributed by atoms with Gasteiger partial charge >= 0.3 is 0 Å². The Morgan fingerprint density at radius 2 is 2.56 bits per heavy atom. The van der Waals surface area contributed by atoms with E-state index in [9.17, 15) is 0 Å². The molecule has 0 amide bonds. The van der Waals surface area contributed by atoms with E-state index in [1.165, 1.54) is 0 Å². The van der Waals surface area contributed by atoms with E-state index in [1.807, 2.05) is 0 Å². The van der Waals surface area contributed by atoms with Crippen molar-refractivity contribution in [3.63, 3.8) is 0 Å². The maximum Gasteiger partial charge on any atom is 0.0921 e. The molecule has 0 N–H and O–H groups in total. The third kappa shape index (κ3) is 1.73. The number of methoxy groups -OCH3 is 1. The maximum absolute atomic E-state index is 4.80. The van der Waals surface area contributed by atoms with Gasteiger partial charge in [0.25, 0.3) is 0 Å². The predicted molar refractivity (Wildman–Crippen MR) is 30.5 cm³/mol. The van der Waals surface area contributed by atoms with Crippen molar-refractivity contribution >= 4 is 0 Å². The summed E-state index contributed by atoms with van der Waals surface area (Å²) < 4.78 is 4.80. The fraction of sp³-hybridized carbons (Fsp3) is 0.400. The lowest BCUT2D eigenvalue weighted by molar-refractivity contribution is 0.180. The Labute approximate surface area is 52.9 Å². The second kappa shape index (κ2) is 3.09. The van der Waals surface area contributed by atoms with Crippen LogP contribution in [0.15, 0.2) is 12.3 Å². The van der Waals surface area contributed by atoms with Crippen LogP contribution in [0.1, 0.15) is 5.69 Å². The number of aromatic nitrogens is 3. The Morgan fingerprint density at radius 3 is 3.11 bits per heavy atom. The topological polar surface area (TPSA) is 47.9 Å². The van der Waals surface area contributed by atoms with Gasteiger partial charge in [0.2, 0.25) is 0 Å². The van der Waals surface area contributed by atoms with Gasteiger partial charge in [-0.15, -0.1) is 10.2 Å². The molecule has 0 unspecified atom stereocenters. The molecule has 0 aliphatic heterocycles. The zero-order chi connectivity index (χ0) is 6.53. The van der Waals surface area contributed by atoms with Crippen molar-refractivity contribution in [1.29, 1.82) is 0 Å². The number of nitrogens with zero attached hydrogens (tertiary/aromatic N) is 3. The molecule has 0 radical (unpaired) electrons. The van der Waals surface area contributed by atoms with Crippen molar-refractivity contribution < 1.29 is 4.74 Å². The van der Waals surface area contributed by atoms with E-state index in [0.29, 0.717) is 6.61 Å². The molecular weight excluding hydrogens is 118 g/mol. The normalized spacial score (nSPS) is 9.44. The SMILES string of the molecule is COCc1ccnnn1. The lowest BCUT2D eigenvalue weighted by Crippen LogP contribution is -1.94. The molecule has 9 heavy (non-hydrogen) atoms. The molecule has 4 nitrogen and oxygen atoms in total. The minimum Gasteiger partial charge on any atom is -0.378 e. The highest BCUT2D eigenvalue weighted by Gasteiger charge is 1.88. The van der Waals surface area contributed by atoms with Gasteiger partial charge in [-0.25, -0.2) is 0 Å². The molecule has 0 aliphatic rings. The minimum atomic E-state index is 0.496. The van der Waals surface area contributed by atoms with E-state index in [-0.39, 0.29) is 0 Å². The lowest BCUT2D eigenvalue weighted by atomic mass is 10.4. The average Bonchev–Trinajstić information content (AvgIpc) is 1.91. The zero-order valence-electron chi connectivity index (χ0n) is 5.11. The summed E-state index contributed by atoms with van der Waals surface area (Å²) >= 11 is 0. The van der Waals surface area contributed by atoms with Gasteiger partial charge in [0.1, 0.15) is 0 Å². The monoisotopic (exact) mass is 125 g/mol. The highest BCUT2D eigenvalue weighted by atomic mass is 16.5. The molecule has 0 saturated carbocycles. The molecule has 1 rings (SSSR count). The molecular formula is C5H7N3O. The highest BCUT2D eigenvalue weighted by Crippen LogP contribution is 1.89. The number of rotatable bonds is 2. The van der Waals surface area contributed by atoms with E-state index >= 15 is 0 Å². The molecule has 1 aromatic heterocycles. The summed E-state index contributed by atoms with van der Waals surface area (Å²) in [5, 5.41) is 10.6. The van der Waals surface area contributed by atoms with Crippen molar-refractivity contribution in [3.8, 4) is 0 Å². The summed E-state index contributed by atoms with van der Waals surface area (Å²) in [6.07, 6.45) is 1.58. The molecule has 0 fully saturated rings. The Morgan fingerprint density at radius 1 is 1.67 bits per heavy atom. The first kappa shape index (κ1) is 6.10. The molecule has 0 atom stereocenters. The second-order valence-corrected chi connectivity index (χ2v) is 1.55. The highest BCUT2D eigenvalue weighted by molar-refractivity contribution is 4.92. The minimum absolute atomic E-state index is 0.496. The Kier molecular flexibility index (Phi) is 2.09. The molecule has 1 aromatic rings. The summed E-state index contributed by atoms with van der Waals surface area (Å²) in [6, 6.07) is 1.76. The lowest BCUT2D eigenvalue weighted by Gasteiger charge is -1.92. The summed E-state index contributed by atoms with van der Waals surface area (Å²) in [5.41, 5.74) is 0.799. The van der Waals surface area contributed by atoms with Gasteiger partial charge in [-0.05, 0) is 11.3 Å². The molecule has 4 heteroatoms. The number of ether oxygens (including phenoxy) is 1. The quantitative estimate of drug-likeness (QED) is 0.559. The first-order valence-corrected chi connectivity index (χ1v) is 2.55. The molecule has 48 valence electrons. The average molecular weight is 125 g/mol. The van der Waals surface area contributed by atoms with E-state index in [1.54, 1.807) is 19.4 Å². The van der Waals surface area contributed by atoms with Crippen LogP contribution < -0.4 is 0 Å². The second-order valence-electron chi connectivity index (χ2n) is 1.55. The fourth-order valence-corrected chi connectivity index (χ4v) is 0.491. The molecule has 0 saturated heterocycles. The van der Waals surface area contributed by atoms with Crippen molar-refractivity contribution in [1.82, 2.24) is 15.4 Å². The largest absolute Gasteiger partial charge is 0.378 e. The van der Waals surface area contributed by atoms with Gasteiger partial charge in [-0.1, -0.05) is 0 Å². The van der Waals surface area contributed by atoms with Crippen LogP contribution in [0.3, 0.4) is 0 Å². The van der Waals surface area contributed by atoms with Gasteiger partial charge in [0, 0.05) is 7.11 Å². The molecule has 0 bridgehead atoms. The van der Waals surface area contributed by atoms with E-state index in [2.05, 4.69) is 15.4 Å². The molecule has 1 heterocycles. The van der Waals surface area contributed by atoms with Crippen LogP contribution in [0.2, 0.25) is 0 Å². The Hall–Kier alpha value is -1.03. The molecule has 0 spiro atoms.